The first-order valence-corrected chi connectivity index (χ1v) is 7.58. The third kappa shape index (κ3) is 4.96. The second kappa shape index (κ2) is 7.66. The fourth-order valence-electron chi connectivity index (χ4n) is 2.97. The molecule has 1 saturated heterocycles. The van der Waals surface area contributed by atoms with Gasteiger partial charge < -0.3 is 10.1 Å². The minimum Gasteiger partial charge on any atom is -0.381 e. The van der Waals surface area contributed by atoms with Crippen LogP contribution in [0.4, 0.5) is 0 Å². The van der Waals surface area contributed by atoms with Crippen molar-refractivity contribution in [2.75, 3.05) is 20.3 Å². The molecule has 0 amide bonds. The molecule has 2 nitrogen and oxygen atoms in total. The Bertz CT molecular complexity index is 371. The van der Waals surface area contributed by atoms with E-state index >= 15 is 0 Å². The van der Waals surface area contributed by atoms with Crippen LogP contribution in [0.5, 0.6) is 0 Å². The fraction of sp³-hybridized carbons (Fsp3) is 0.647. The number of hydrogen-bond donors (Lipinski definition) is 1. The van der Waals surface area contributed by atoms with Crippen molar-refractivity contribution in [3.05, 3.63) is 35.4 Å². The number of aryl methyl sites for hydroxylation is 2. The number of ether oxygens (including phenoxy) is 1. The lowest BCUT2D eigenvalue weighted by atomic mass is 9.90. The normalized spacial score (nSPS) is 18.4. The highest BCUT2D eigenvalue weighted by Gasteiger charge is 2.18. The van der Waals surface area contributed by atoms with Crippen molar-refractivity contribution in [2.24, 2.45) is 5.92 Å². The molecule has 1 aromatic carbocycles. The summed E-state index contributed by atoms with van der Waals surface area (Å²) in [5.41, 5.74) is 2.83. The lowest BCUT2D eigenvalue weighted by molar-refractivity contribution is 0.0605. The maximum atomic E-state index is 5.44. The van der Waals surface area contributed by atoms with Crippen LogP contribution in [0.3, 0.4) is 0 Å². The molecular weight excluding hydrogens is 234 g/mol. The average Bonchev–Trinajstić information content (AvgIpc) is 2.44. The van der Waals surface area contributed by atoms with Crippen LogP contribution in [0.25, 0.3) is 0 Å². The summed E-state index contributed by atoms with van der Waals surface area (Å²) in [5.74, 6) is 0.851. The van der Waals surface area contributed by atoms with Crippen molar-refractivity contribution < 1.29 is 4.74 Å². The molecule has 1 fully saturated rings. The van der Waals surface area contributed by atoms with Gasteiger partial charge in [-0.05, 0) is 57.6 Å². The first kappa shape index (κ1) is 14.5. The van der Waals surface area contributed by atoms with Crippen LogP contribution in [-0.4, -0.2) is 26.3 Å². The van der Waals surface area contributed by atoms with E-state index in [0.29, 0.717) is 6.04 Å². The molecule has 1 aliphatic heterocycles. The molecule has 0 bridgehead atoms. The number of nitrogens with one attached hydrogen (secondary N) is 1. The Balaban J connectivity index is 1.78. The minimum absolute atomic E-state index is 0.642. The third-order valence-electron chi connectivity index (χ3n) is 4.23. The molecule has 1 unspecified atom stereocenters. The Morgan fingerprint density at radius 3 is 2.79 bits per heavy atom. The maximum absolute atomic E-state index is 5.44. The molecule has 1 N–H and O–H groups in total. The second-order valence-electron chi connectivity index (χ2n) is 5.80. The van der Waals surface area contributed by atoms with Crippen LogP contribution >= 0.6 is 0 Å². The summed E-state index contributed by atoms with van der Waals surface area (Å²) in [5, 5.41) is 3.49. The molecule has 0 aromatic heterocycles. The highest BCUT2D eigenvalue weighted by molar-refractivity contribution is 5.22. The number of hydrogen-bond acceptors (Lipinski definition) is 2. The zero-order valence-electron chi connectivity index (χ0n) is 12.3. The van der Waals surface area contributed by atoms with Crippen LogP contribution in [0, 0.1) is 12.8 Å². The molecule has 1 atom stereocenters. The van der Waals surface area contributed by atoms with Gasteiger partial charge in [-0.1, -0.05) is 29.8 Å². The second-order valence-corrected chi connectivity index (χ2v) is 5.80. The summed E-state index contributed by atoms with van der Waals surface area (Å²) in [6, 6.07) is 9.53. The van der Waals surface area contributed by atoms with Crippen molar-refractivity contribution in [1.82, 2.24) is 5.32 Å². The van der Waals surface area contributed by atoms with Crippen LogP contribution in [0.2, 0.25) is 0 Å². The molecule has 2 heteroatoms. The molecule has 19 heavy (non-hydrogen) atoms. The van der Waals surface area contributed by atoms with Gasteiger partial charge in [-0.15, -0.1) is 0 Å². The van der Waals surface area contributed by atoms with E-state index in [9.17, 15) is 0 Å². The van der Waals surface area contributed by atoms with E-state index in [2.05, 4.69) is 43.6 Å². The van der Waals surface area contributed by atoms with Gasteiger partial charge in [-0.25, -0.2) is 0 Å². The summed E-state index contributed by atoms with van der Waals surface area (Å²) >= 11 is 0. The molecule has 1 heterocycles. The van der Waals surface area contributed by atoms with Crippen molar-refractivity contribution in [2.45, 2.75) is 45.1 Å². The predicted molar refractivity (Wildman–Crippen MR) is 80.5 cm³/mol. The SMILES string of the molecule is CNC(CCc1cccc(C)c1)CC1CCOCC1. The van der Waals surface area contributed by atoms with Crippen LogP contribution in [-0.2, 0) is 11.2 Å². The van der Waals surface area contributed by atoms with Gasteiger partial charge in [0.25, 0.3) is 0 Å². The molecule has 1 aromatic rings. The zero-order chi connectivity index (χ0) is 13.5. The Kier molecular flexibility index (Phi) is 5.87. The summed E-state index contributed by atoms with van der Waals surface area (Å²) < 4.78 is 5.44. The first-order chi connectivity index (χ1) is 9.28. The summed E-state index contributed by atoms with van der Waals surface area (Å²) in [7, 11) is 2.10. The van der Waals surface area contributed by atoms with Gasteiger partial charge in [0.2, 0.25) is 0 Å². The van der Waals surface area contributed by atoms with Crippen LogP contribution in [0.15, 0.2) is 24.3 Å². The van der Waals surface area contributed by atoms with Crippen LogP contribution in [0.1, 0.15) is 36.8 Å². The molecule has 0 aliphatic carbocycles. The van der Waals surface area contributed by atoms with Gasteiger partial charge in [0.05, 0.1) is 0 Å². The quantitative estimate of drug-likeness (QED) is 0.848. The topological polar surface area (TPSA) is 21.3 Å². The van der Waals surface area contributed by atoms with E-state index in [1.54, 1.807) is 0 Å². The standard InChI is InChI=1S/C17H27NO/c1-14-4-3-5-15(12-14)6-7-17(18-2)13-16-8-10-19-11-9-16/h3-5,12,16-18H,6-11,13H2,1-2H3. The Labute approximate surface area is 117 Å². The van der Waals surface area contributed by atoms with E-state index in [-0.39, 0.29) is 0 Å². The van der Waals surface area contributed by atoms with Gasteiger partial charge in [0, 0.05) is 19.3 Å². The van der Waals surface area contributed by atoms with E-state index in [0.717, 1.165) is 19.1 Å². The van der Waals surface area contributed by atoms with Crippen LogP contribution < -0.4 is 5.32 Å². The van der Waals surface area contributed by atoms with Crippen molar-refractivity contribution in [1.29, 1.82) is 0 Å². The Morgan fingerprint density at radius 1 is 1.32 bits per heavy atom. The molecule has 0 saturated carbocycles. The Hall–Kier alpha value is -0.860. The molecule has 1 aliphatic rings. The molecule has 2 rings (SSSR count). The van der Waals surface area contributed by atoms with E-state index in [1.807, 2.05) is 0 Å². The number of benzene rings is 1. The lowest BCUT2D eigenvalue weighted by Gasteiger charge is -2.26. The number of rotatable bonds is 6. The first-order valence-electron chi connectivity index (χ1n) is 7.58. The van der Waals surface area contributed by atoms with E-state index < -0.39 is 0 Å². The molecule has 0 spiro atoms. The van der Waals surface area contributed by atoms with Crippen molar-refractivity contribution in [3.63, 3.8) is 0 Å². The van der Waals surface area contributed by atoms with E-state index in [1.165, 1.54) is 43.2 Å². The zero-order valence-corrected chi connectivity index (χ0v) is 12.3. The molecule has 0 radical (unpaired) electrons. The van der Waals surface area contributed by atoms with Gasteiger partial charge in [0.15, 0.2) is 0 Å². The third-order valence-corrected chi connectivity index (χ3v) is 4.23. The minimum atomic E-state index is 0.642. The van der Waals surface area contributed by atoms with Crippen molar-refractivity contribution in [3.8, 4) is 0 Å². The lowest BCUT2D eigenvalue weighted by Crippen LogP contribution is -2.30. The Morgan fingerprint density at radius 2 is 2.11 bits per heavy atom. The van der Waals surface area contributed by atoms with Gasteiger partial charge in [-0.2, -0.15) is 0 Å². The highest BCUT2D eigenvalue weighted by Crippen LogP contribution is 2.22. The van der Waals surface area contributed by atoms with Gasteiger partial charge in [0.1, 0.15) is 0 Å². The largest absolute Gasteiger partial charge is 0.381 e. The smallest absolute Gasteiger partial charge is 0.0468 e. The summed E-state index contributed by atoms with van der Waals surface area (Å²) in [6.45, 7) is 4.08. The van der Waals surface area contributed by atoms with Gasteiger partial charge >= 0.3 is 0 Å². The summed E-state index contributed by atoms with van der Waals surface area (Å²) in [4.78, 5) is 0. The predicted octanol–water partition coefficient (Wildman–Crippen LogP) is 3.33. The average molecular weight is 261 g/mol. The highest BCUT2D eigenvalue weighted by atomic mass is 16.5. The van der Waals surface area contributed by atoms with Crippen molar-refractivity contribution >= 4 is 0 Å². The monoisotopic (exact) mass is 261 g/mol. The fourth-order valence-corrected chi connectivity index (χ4v) is 2.97. The molecular formula is C17H27NO. The van der Waals surface area contributed by atoms with E-state index in [4.69, 9.17) is 4.74 Å². The molecule has 106 valence electrons. The van der Waals surface area contributed by atoms with Gasteiger partial charge in [-0.3, -0.25) is 0 Å². The summed E-state index contributed by atoms with van der Waals surface area (Å²) in [6.07, 6.45) is 6.19. The maximum Gasteiger partial charge on any atom is 0.0468 e.